The predicted molar refractivity (Wildman–Crippen MR) is 41.4 cm³/mol. The van der Waals surface area contributed by atoms with Gasteiger partial charge in [0.05, 0.1) is 13.7 Å². The molecule has 0 saturated heterocycles. The van der Waals surface area contributed by atoms with Gasteiger partial charge in [0.2, 0.25) is 5.88 Å². The maximum atomic E-state index is 8.80. The lowest BCUT2D eigenvalue weighted by atomic mass is 10.2. The number of ether oxygens (including phenoxy) is 1. The van der Waals surface area contributed by atoms with E-state index in [9.17, 15) is 0 Å². The van der Waals surface area contributed by atoms with Gasteiger partial charge >= 0.3 is 0 Å². The summed E-state index contributed by atoms with van der Waals surface area (Å²) < 4.78 is 4.90. The molecule has 0 amide bonds. The van der Waals surface area contributed by atoms with Crippen LogP contribution in [-0.4, -0.2) is 17.2 Å². The molecule has 0 aliphatic heterocycles. The van der Waals surface area contributed by atoms with E-state index in [1.165, 1.54) is 0 Å². The number of aliphatic hydroxyl groups is 1. The maximum Gasteiger partial charge on any atom is 0.213 e. The Morgan fingerprint density at radius 1 is 1.64 bits per heavy atom. The van der Waals surface area contributed by atoms with Crippen LogP contribution in [0, 0.1) is 6.92 Å². The fourth-order valence-corrected chi connectivity index (χ4v) is 0.836. The number of rotatable bonds is 2. The molecule has 0 aliphatic carbocycles. The van der Waals surface area contributed by atoms with Crippen LogP contribution in [0.4, 0.5) is 0 Å². The van der Waals surface area contributed by atoms with Crippen LogP contribution in [0.2, 0.25) is 0 Å². The average molecular weight is 153 g/mol. The number of nitrogens with zero attached hydrogens (tertiary/aromatic N) is 1. The summed E-state index contributed by atoms with van der Waals surface area (Å²) >= 11 is 0. The Bertz CT molecular complexity index is 248. The van der Waals surface area contributed by atoms with Gasteiger partial charge in [-0.05, 0) is 18.1 Å². The molecule has 3 heteroatoms. The molecule has 1 aromatic rings. The van der Waals surface area contributed by atoms with Crippen molar-refractivity contribution < 1.29 is 9.84 Å². The Morgan fingerprint density at radius 2 is 2.36 bits per heavy atom. The van der Waals surface area contributed by atoms with E-state index in [4.69, 9.17) is 9.84 Å². The van der Waals surface area contributed by atoms with E-state index in [2.05, 4.69) is 4.98 Å². The molecule has 0 fully saturated rings. The molecule has 11 heavy (non-hydrogen) atoms. The Labute approximate surface area is 65.7 Å². The minimum absolute atomic E-state index is 0.0306. The van der Waals surface area contributed by atoms with Gasteiger partial charge in [0, 0.05) is 12.3 Å². The molecule has 0 spiro atoms. The normalized spacial score (nSPS) is 9.73. The number of pyridine rings is 1. The molecule has 0 atom stereocenters. The standard InChI is InChI=1S/C8H11NO2/c1-6-3-8(11-2)9-4-7(6)5-10/h3-4,10H,5H2,1-2H3. The SMILES string of the molecule is COc1cc(C)c(CO)cn1. The molecule has 0 aliphatic rings. The third-order valence-corrected chi connectivity index (χ3v) is 1.57. The summed E-state index contributed by atoms with van der Waals surface area (Å²) in [5.74, 6) is 0.583. The number of aromatic nitrogens is 1. The number of aryl methyl sites for hydroxylation is 1. The minimum atomic E-state index is 0.0306. The van der Waals surface area contributed by atoms with Crippen molar-refractivity contribution in [2.24, 2.45) is 0 Å². The second-order valence-corrected chi connectivity index (χ2v) is 2.31. The van der Waals surface area contributed by atoms with Crippen molar-refractivity contribution in [1.82, 2.24) is 4.98 Å². The van der Waals surface area contributed by atoms with E-state index < -0.39 is 0 Å². The quantitative estimate of drug-likeness (QED) is 0.686. The number of hydrogen-bond donors (Lipinski definition) is 1. The van der Waals surface area contributed by atoms with E-state index in [0.717, 1.165) is 11.1 Å². The van der Waals surface area contributed by atoms with Crippen LogP contribution in [0.1, 0.15) is 11.1 Å². The fourth-order valence-electron chi connectivity index (χ4n) is 0.836. The van der Waals surface area contributed by atoms with Gasteiger partial charge in [-0.15, -0.1) is 0 Å². The average Bonchev–Trinajstić information content (AvgIpc) is 2.04. The Kier molecular flexibility index (Phi) is 2.44. The van der Waals surface area contributed by atoms with Crippen molar-refractivity contribution in [2.45, 2.75) is 13.5 Å². The number of methoxy groups -OCH3 is 1. The number of aliphatic hydroxyl groups excluding tert-OH is 1. The smallest absolute Gasteiger partial charge is 0.213 e. The van der Waals surface area contributed by atoms with Gasteiger partial charge in [-0.3, -0.25) is 0 Å². The molecule has 1 rings (SSSR count). The maximum absolute atomic E-state index is 8.80. The van der Waals surface area contributed by atoms with E-state index in [1.807, 2.05) is 6.92 Å². The van der Waals surface area contributed by atoms with Crippen LogP contribution in [0.3, 0.4) is 0 Å². The molecular formula is C8H11NO2. The van der Waals surface area contributed by atoms with Crippen molar-refractivity contribution in [2.75, 3.05) is 7.11 Å². The van der Waals surface area contributed by atoms with Gasteiger partial charge in [0.15, 0.2) is 0 Å². The van der Waals surface area contributed by atoms with Gasteiger partial charge in [-0.25, -0.2) is 4.98 Å². The highest BCUT2D eigenvalue weighted by molar-refractivity contribution is 5.27. The van der Waals surface area contributed by atoms with Crippen LogP contribution in [0.15, 0.2) is 12.3 Å². The zero-order chi connectivity index (χ0) is 8.27. The van der Waals surface area contributed by atoms with Gasteiger partial charge in [0.25, 0.3) is 0 Å². The van der Waals surface area contributed by atoms with Gasteiger partial charge < -0.3 is 9.84 Å². The zero-order valence-corrected chi connectivity index (χ0v) is 6.66. The van der Waals surface area contributed by atoms with Crippen molar-refractivity contribution in [3.05, 3.63) is 23.4 Å². The van der Waals surface area contributed by atoms with E-state index in [1.54, 1.807) is 19.4 Å². The summed E-state index contributed by atoms with van der Waals surface area (Å²) in [5, 5.41) is 8.80. The van der Waals surface area contributed by atoms with Crippen molar-refractivity contribution in [3.63, 3.8) is 0 Å². The van der Waals surface area contributed by atoms with E-state index >= 15 is 0 Å². The van der Waals surface area contributed by atoms with Gasteiger partial charge in [-0.1, -0.05) is 0 Å². The molecule has 1 heterocycles. The highest BCUT2D eigenvalue weighted by atomic mass is 16.5. The van der Waals surface area contributed by atoms with E-state index in [-0.39, 0.29) is 6.61 Å². The van der Waals surface area contributed by atoms with Crippen LogP contribution in [-0.2, 0) is 6.61 Å². The highest BCUT2D eigenvalue weighted by Crippen LogP contribution is 2.12. The molecule has 0 unspecified atom stereocenters. The van der Waals surface area contributed by atoms with Gasteiger partial charge in [0.1, 0.15) is 0 Å². The summed E-state index contributed by atoms with van der Waals surface area (Å²) in [7, 11) is 1.57. The second kappa shape index (κ2) is 3.34. The summed E-state index contributed by atoms with van der Waals surface area (Å²) in [6.45, 7) is 1.94. The summed E-state index contributed by atoms with van der Waals surface area (Å²) in [5.41, 5.74) is 1.84. The topological polar surface area (TPSA) is 42.4 Å². The number of hydrogen-bond acceptors (Lipinski definition) is 3. The molecule has 0 radical (unpaired) electrons. The molecule has 0 aromatic carbocycles. The monoisotopic (exact) mass is 153 g/mol. The second-order valence-electron chi connectivity index (χ2n) is 2.31. The van der Waals surface area contributed by atoms with Crippen LogP contribution < -0.4 is 4.74 Å². The van der Waals surface area contributed by atoms with Crippen LogP contribution >= 0.6 is 0 Å². The summed E-state index contributed by atoms with van der Waals surface area (Å²) in [6, 6.07) is 1.80. The van der Waals surface area contributed by atoms with E-state index in [0.29, 0.717) is 5.88 Å². The van der Waals surface area contributed by atoms with Crippen molar-refractivity contribution >= 4 is 0 Å². The lowest BCUT2D eigenvalue weighted by Crippen LogP contribution is -1.93. The first kappa shape index (κ1) is 8.01. The molecule has 1 aromatic heterocycles. The molecule has 0 bridgehead atoms. The lowest BCUT2D eigenvalue weighted by molar-refractivity contribution is 0.280. The van der Waals surface area contributed by atoms with Crippen molar-refractivity contribution in [1.29, 1.82) is 0 Å². The molecule has 60 valence electrons. The lowest BCUT2D eigenvalue weighted by Gasteiger charge is -2.03. The largest absolute Gasteiger partial charge is 0.481 e. The van der Waals surface area contributed by atoms with Crippen LogP contribution in [0.5, 0.6) is 5.88 Å². The predicted octanol–water partition coefficient (Wildman–Crippen LogP) is 0.891. The minimum Gasteiger partial charge on any atom is -0.481 e. The Balaban J connectivity index is 2.99. The molecule has 3 nitrogen and oxygen atoms in total. The molecular weight excluding hydrogens is 142 g/mol. The molecule has 1 N–H and O–H groups in total. The summed E-state index contributed by atoms with van der Waals surface area (Å²) in [4.78, 5) is 3.95. The fraction of sp³-hybridized carbons (Fsp3) is 0.375. The Hall–Kier alpha value is -1.09. The highest BCUT2D eigenvalue weighted by Gasteiger charge is 1.98. The summed E-state index contributed by atoms with van der Waals surface area (Å²) in [6.07, 6.45) is 1.62. The first-order chi connectivity index (χ1) is 5.27. The van der Waals surface area contributed by atoms with Gasteiger partial charge in [-0.2, -0.15) is 0 Å². The zero-order valence-electron chi connectivity index (χ0n) is 6.66. The Morgan fingerprint density at radius 3 is 2.82 bits per heavy atom. The first-order valence-corrected chi connectivity index (χ1v) is 3.38. The third kappa shape index (κ3) is 1.68. The first-order valence-electron chi connectivity index (χ1n) is 3.38. The molecule has 0 saturated carbocycles. The third-order valence-electron chi connectivity index (χ3n) is 1.57. The van der Waals surface area contributed by atoms with Crippen LogP contribution in [0.25, 0.3) is 0 Å². The van der Waals surface area contributed by atoms with Crippen molar-refractivity contribution in [3.8, 4) is 5.88 Å².